The third-order valence-corrected chi connectivity index (χ3v) is 5.92. The maximum atomic E-state index is 13.5. The lowest BCUT2D eigenvalue weighted by atomic mass is 10.2. The molecule has 0 aliphatic carbocycles. The Hall–Kier alpha value is -3.66. The van der Waals surface area contributed by atoms with Crippen molar-refractivity contribution in [2.45, 2.75) is 31.6 Å². The van der Waals surface area contributed by atoms with Crippen molar-refractivity contribution in [1.29, 1.82) is 0 Å². The number of thioether (sulfide) groups is 1. The van der Waals surface area contributed by atoms with Gasteiger partial charge in [0.25, 0.3) is 5.91 Å². The van der Waals surface area contributed by atoms with E-state index in [1.165, 1.54) is 23.9 Å². The summed E-state index contributed by atoms with van der Waals surface area (Å²) in [6, 6.07) is 10.6. The minimum atomic E-state index is -0.444. The fourth-order valence-corrected chi connectivity index (χ4v) is 3.91. The maximum Gasteiger partial charge on any atom is 0.251 e. The number of benzene rings is 2. The van der Waals surface area contributed by atoms with Crippen molar-refractivity contribution in [3.05, 3.63) is 77.9 Å². The number of hydrogen-bond acceptors (Lipinski definition) is 6. The number of halogens is 1. The SMILES string of the molecule is C=CCn1c(SCC(=O)Nc2cc(F)ccc2C)nnc1[C@H](C)NC(=O)c1ccc(OC)cc1. The molecule has 1 atom stereocenters. The number of aryl methyl sites for hydroxylation is 1. The summed E-state index contributed by atoms with van der Waals surface area (Å²) in [7, 11) is 1.56. The summed E-state index contributed by atoms with van der Waals surface area (Å²) in [5.74, 6) is 0.267. The second kappa shape index (κ2) is 11.5. The van der Waals surface area contributed by atoms with Gasteiger partial charge in [-0.15, -0.1) is 16.8 Å². The lowest BCUT2D eigenvalue weighted by Gasteiger charge is -2.15. The second-order valence-electron chi connectivity index (χ2n) is 7.46. The van der Waals surface area contributed by atoms with Gasteiger partial charge >= 0.3 is 0 Å². The number of aromatic nitrogens is 3. The molecule has 2 amide bonds. The van der Waals surface area contributed by atoms with Crippen LogP contribution in [0.5, 0.6) is 5.75 Å². The molecule has 0 saturated heterocycles. The van der Waals surface area contributed by atoms with Gasteiger partial charge < -0.3 is 19.9 Å². The highest BCUT2D eigenvalue weighted by atomic mass is 32.2. The molecule has 0 saturated carbocycles. The van der Waals surface area contributed by atoms with Gasteiger partial charge in [-0.1, -0.05) is 23.9 Å². The molecule has 10 heteroatoms. The van der Waals surface area contributed by atoms with Gasteiger partial charge in [-0.05, 0) is 55.8 Å². The van der Waals surface area contributed by atoms with Gasteiger partial charge in [-0.25, -0.2) is 4.39 Å². The van der Waals surface area contributed by atoms with Crippen LogP contribution in [-0.4, -0.2) is 39.4 Å². The lowest BCUT2D eigenvalue weighted by Crippen LogP contribution is -2.28. The molecule has 0 radical (unpaired) electrons. The topological polar surface area (TPSA) is 98.1 Å². The van der Waals surface area contributed by atoms with E-state index in [-0.39, 0.29) is 17.6 Å². The molecule has 0 bridgehead atoms. The standard InChI is InChI=1S/C24H26FN5O3S/c1-5-12-30-22(16(3)26-23(32)17-7-10-19(33-4)11-8-17)28-29-24(30)34-14-21(31)27-20-13-18(25)9-6-15(20)2/h5-11,13,16H,1,12,14H2,2-4H3,(H,26,32)(H,27,31)/t16-/m0/s1. The third kappa shape index (κ3) is 6.22. The van der Waals surface area contributed by atoms with Crippen molar-refractivity contribution >= 4 is 29.3 Å². The van der Waals surface area contributed by atoms with E-state index in [1.807, 2.05) is 0 Å². The average molecular weight is 484 g/mol. The Kier molecular flexibility index (Phi) is 8.42. The van der Waals surface area contributed by atoms with Crippen LogP contribution in [0.25, 0.3) is 0 Å². The van der Waals surface area contributed by atoms with E-state index in [1.54, 1.807) is 61.9 Å². The van der Waals surface area contributed by atoms with Crippen LogP contribution in [0.4, 0.5) is 10.1 Å². The van der Waals surface area contributed by atoms with Crippen LogP contribution >= 0.6 is 11.8 Å². The predicted octanol–water partition coefficient (Wildman–Crippen LogP) is 4.14. The largest absolute Gasteiger partial charge is 0.497 e. The molecular formula is C24H26FN5O3S. The van der Waals surface area contributed by atoms with Gasteiger partial charge in [0, 0.05) is 17.8 Å². The molecule has 3 rings (SSSR count). The number of carbonyl (C=O) groups is 2. The van der Waals surface area contributed by atoms with Crippen LogP contribution in [-0.2, 0) is 11.3 Å². The van der Waals surface area contributed by atoms with E-state index in [4.69, 9.17) is 4.74 Å². The summed E-state index contributed by atoms with van der Waals surface area (Å²) in [5, 5.41) is 14.5. The Morgan fingerprint density at radius 1 is 1.24 bits per heavy atom. The van der Waals surface area contributed by atoms with E-state index < -0.39 is 11.9 Å². The van der Waals surface area contributed by atoms with Crippen LogP contribution in [0.3, 0.4) is 0 Å². The Morgan fingerprint density at radius 2 is 1.97 bits per heavy atom. The number of carbonyl (C=O) groups excluding carboxylic acids is 2. The monoisotopic (exact) mass is 483 g/mol. The summed E-state index contributed by atoms with van der Waals surface area (Å²) in [5.41, 5.74) is 1.67. The fourth-order valence-electron chi connectivity index (χ4n) is 3.16. The smallest absolute Gasteiger partial charge is 0.251 e. The average Bonchev–Trinajstić information content (AvgIpc) is 3.23. The Balaban J connectivity index is 1.66. The molecule has 2 N–H and O–H groups in total. The molecule has 0 aliphatic heterocycles. The van der Waals surface area contributed by atoms with E-state index in [2.05, 4.69) is 27.4 Å². The first-order valence-corrected chi connectivity index (χ1v) is 11.5. The minimum Gasteiger partial charge on any atom is -0.497 e. The number of nitrogens with one attached hydrogen (secondary N) is 2. The number of nitrogens with zero attached hydrogens (tertiary/aromatic N) is 3. The van der Waals surface area contributed by atoms with Crippen LogP contribution in [0.1, 0.15) is 34.7 Å². The van der Waals surface area contributed by atoms with E-state index in [0.29, 0.717) is 34.5 Å². The van der Waals surface area contributed by atoms with E-state index >= 15 is 0 Å². The van der Waals surface area contributed by atoms with Gasteiger partial charge in [-0.3, -0.25) is 9.59 Å². The number of hydrogen-bond donors (Lipinski definition) is 2. The highest BCUT2D eigenvalue weighted by Crippen LogP contribution is 2.22. The first kappa shape index (κ1) is 25.0. The van der Waals surface area contributed by atoms with Crippen molar-refractivity contribution in [2.24, 2.45) is 0 Å². The number of amides is 2. The normalized spacial score (nSPS) is 11.5. The van der Waals surface area contributed by atoms with Gasteiger partial charge in [0.1, 0.15) is 11.6 Å². The maximum absolute atomic E-state index is 13.5. The number of allylic oxidation sites excluding steroid dienone is 1. The summed E-state index contributed by atoms with van der Waals surface area (Å²) >= 11 is 1.19. The zero-order valence-electron chi connectivity index (χ0n) is 19.2. The van der Waals surface area contributed by atoms with Crippen molar-refractivity contribution < 1.29 is 18.7 Å². The van der Waals surface area contributed by atoms with Crippen molar-refractivity contribution in [1.82, 2.24) is 20.1 Å². The van der Waals surface area contributed by atoms with Crippen LogP contribution < -0.4 is 15.4 Å². The summed E-state index contributed by atoms with van der Waals surface area (Å²) in [6.07, 6.45) is 1.69. The Labute approximate surface area is 201 Å². The van der Waals surface area contributed by atoms with E-state index in [0.717, 1.165) is 5.56 Å². The molecule has 2 aromatic carbocycles. The molecule has 0 unspecified atom stereocenters. The second-order valence-corrected chi connectivity index (χ2v) is 8.40. The van der Waals surface area contributed by atoms with Crippen molar-refractivity contribution in [2.75, 3.05) is 18.2 Å². The molecule has 34 heavy (non-hydrogen) atoms. The molecular weight excluding hydrogens is 457 g/mol. The molecule has 0 fully saturated rings. The quantitative estimate of drug-likeness (QED) is 0.332. The summed E-state index contributed by atoms with van der Waals surface area (Å²) in [4.78, 5) is 25.0. The predicted molar refractivity (Wildman–Crippen MR) is 130 cm³/mol. The van der Waals surface area contributed by atoms with Crippen LogP contribution in [0, 0.1) is 12.7 Å². The van der Waals surface area contributed by atoms with Crippen molar-refractivity contribution in [3.63, 3.8) is 0 Å². The first-order valence-electron chi connectivity index (χ1n) is 10.5. The molecule has 3 aromatic rings. The van der Waals surface area contributed by atoms with Crippen LogP contribution in [0.2, 0.25) is 0 Å². The molecule has 0 spiro atoms. The van der Waals surface area contributed by atoms with Crippen molar-refractivity contribution in [3.8, 4) is 5.75 Å². The molecule has 1 aromatic heterocycles. The summed E-state index contributed by atoms with van der Waals surface area (Å²) in [6.45, 7) is 7.77. The molecule has 1 heterocycles. The zero-order valence-corrected chi connectivity index (χ0v) is 20.0. The molecule has 0 aliphatic rings. The molecule has 178 valence electrons. The van der Waals surface area contributed by atoms with E-state index in [9.17, 15) is 14.0 Å². The van der Waals surface area contributed by atoms with Gasteiger partial charge in [0.2, 0.25) is 5.91 Å². The number of rotatable bonds is 10. The minimum absolute atomic E-state index is 0.0534. The van der Waals surface area contributed by atoms with Gasteiger partial charge in [0.05, 0.1) is 18.9 Å². The van der Waals surface area contributed by atoms with Crippen LogP contribution in [0.15, 0.2) is 60.3 Å². The Bertz CT molecular complexity index is 1180. The highest BCUT2D eigenvalue weighted by Gasteiger charge is 2.20. The third-order valence-electron chi connectivity index (χ3n) is 4.95. The zero-order chi connectivity index (χ0) is 24.7. The summed E-state index contributed by atoms with van der Waals surface area (Å²) < 4.78 is 20.4. The number of methoxy groups -OCH3 is 1. The van der Waals surface area contributed by atoms with Gasteiger partial charge in [0.15, 0.2) is 11.0 Å². The molecule has 8 nitrogen and oxygen atoms in total. The van der Waals surface area contributed by atoms with Gasteiger partial charge in [-0.2, -0.15) is 0 Å². The first-order chi connectivity index (χ1) is 16.3. The number of anilines is 1. The Morgan fingerprint density at radius 3 is 2.65 bits per heavy atom. The lowest BCUT2D eigenvalue weighted by molar-refractivity contribution is -0.113. The fraction of sp³-hybridized carbons (Fsp3) is 0.250. The number of ether oxygens (including phenoxy) is 1. The highest BCUT2D eigenvalue weighted by molar-refractivity contribution is 7.99.